The summed E-state index contributed by atoms with van der Waals surface area (Å²) >= 11 is 0. The van der Waals surface area contributed by atoms with Crippen molar-refractivity contribution >= 4 is 91.9 Å². The van der Waals surface area contributed by atoms with Crippen molar-refractivity contribution < 1.29 is 33.9 Å². The molecule has 0 heterocycles. The molecule has 1 radical (unpaired) electrons. The topological polar surface area (TPSA) is 51.2 Å². The Bertz CT molecular complexity index is 1930. The Morgan fingerprint density at radius 2 is 0.250 bits per heavy atom. The maximum atomic E-state index is 7.75. The van der Waals surface area contributed by atoms with Crippen LogP contribution in [0, 0.1) is 0 Å². The van der Waals surface area contributed by atoms with Gasteiger partial charge in [-0.25, -0.2) is 0 Å². The molecule has 0 amide bonds. The van der Waals surface area contributed by atoms with Crippen LogP contribution in [0.2, 0.25) is 0 Å². The van der Waals surface area contributed by atoms with Crippen molar-refractivity contribution in [1.29, 1.82) is 0 Å². The van der Waals surface area contributed by atoms with Crippen molar-refractivity contribution in [1.82, 2.24) is 0 Å². The van der Waals surface area contributed by atoms with Gasteiger partial charge in [0.2, 0.25) is 0 Å². The summed E-state index contributed by atoms with van der Waals surface area (Å²) in [6.45, 7) is 9.75. The van der Waals surface area contributed by atoms with E-state index >= 15 is 0 Å². The van der Waals surface area contributed by atoms with Gasteiger partial charge in [-0.1, -0.05) is 164 Å². The van der Waals surface area contributed by atoms with Gasteiger partial charge in [-0.15, -0.1) is 0 Å². The predicted molar refractivity (Wildman–Crippen MR) is 280 cm³/mol. The standard InChI is InChI=1S/3C18H15P.3CHO.Ru/c3*1-4-10-16(11-5-1)19(17-12-6-2-7-13-17)18-14-8-3-9-15-18;3*1-2;/h3*1-15H;3*1H;/q;;;3*-1;+3/p+3. The van der Waals surface area contributed by atoms with Crippen molar-refractivity contribution in [3.63, 3.8) is 0 Å². The van der Waals surface area contributed by atoms with E-state index in [1.807, 2.05) is 0 Å². The zero-order chi connectivity index (χ0) is 44.7. The number of hydrogen-bond acceptors (Lipinski definition) is 3. The van der Waals surface area contributed by atoms with Gasteiger partial charge < -0.3 is 14.4 Å². The Balaban J connectivity index is 0.000000239. The van der Waals surface area contributed by atoms with Crippen LogP contribution in [0.1, 0.15) is 0 Å². The van der Waals surface area contributed by atoms with Gasteiger partial charge in [0.15, 0.2) is 0 Å². The van der Waals surface area contributed by atoms with Crippen molar-refractivity contribution in [2.24, 2.45) is 0 Å². The summed E-state index contributed by atoms with van der Waals surface area (Å²) in [5.41, 5.74) is 0. The molecule has 0 spiro atoms. The SMILES string of the molecule is [CH-]=O.[CH-]=O.[CH-]=O.[Ru+3].c1ccc([PH+](c2ccccc2)c2ccccc2)cc1.c1ccc([PH+](c2ccccc2)c2ccccc2)cc1.c1ccc([PH+](c2ccccc2)c2ccccc2)cc1. The van der Waals surface area contributed by atoms with Gasteiger partial charge in [-0.3, -0.25) is 20.4 Å². The van der Waals surface area contributed by atoms with Crippen LogP contribution >= 0.6 is 23.8 Å². The first-order chi connectivity index (χ1) is 31.3. The second-order valence-corrected chi connectivity index (χ2v) is 20.9. The fourth-order valence-electron chi connectivity index (χ4n) is 6.94. The van der Waals surface area contributed by atoms with Gasteiger partial charge in [0.1, 0.15) is 47.7 Å². The van der Waals surface area contributed by atoms with Gasteiger partial charge in [0.05, 0.1) is 23.8 Å². The minimum absolute atomic E-state index is 0. The number of carbonyl (C=O) groups excluding carboxylic acids is 3. The van der Waals surface area contributed by atoms with E-state index in [4.69, 9.17) is 14.4 Å². The largest absolute Gasteiger partial charge is 3.00 e. The minimum atomic E-state index is -0.877. The average molecular weight is 978 g/mol. The van der Waals surface area contributed by atoms with E-state index in [0.29, 0.717) is 0 Å². The van der Waals surface area contributed by atoms with Crippen molar-refractivity contribution in [3.8, 4) is 0 Å². The second kappa shape index (κ2) is 31.7. The fourth-order valence-corrected chi connectivity index (χ4v) is 14.7. The minimum Gasteiger partial charge on any atom is -0.545 e. The summed E-state index contributed by atoms with van der Waals surface area (Å²) in [7, 11) is -2.63. The number of rotatable bonds is 9. The van der Waals surface area contributed by atoms with Crippen LogP contribution in [0.25, 0.3) is 0 Å². The third-order valence-corrected chi connectivity index (χ3v) is 17.8. The molecular formula is C57H51O3P3Ru+3. The van der Waals surface area contributed by atoms with Crippen molar-refractivity contribution in [2.75, 3.05) is 0 Å². The zero-order valence-corrected chi connectivity index (χ0v) is 40.0. The summed E-state index contributed by atoms with van der Waals surface area (Å²) in [5, 5.41) is 12.9. The maximum Gasteiger partial charge on any atom is 3.00 e. The van der Waals surface area contributed by atoms with Crippen LogP contribution in [0.15, 0.2) is 273 Å². The van der Waals surface area contributed by atoms with Crippen LogP contribution < -0.4 is 47.7 Å². The van der Waals surface area contributed by atoms with Crippen LogP contribution in [-0.2, 0) is 33.9 Å². The summed E-state index contributed by atoms with van der Waals surface area (Å²) in [4.78, 5) is 23.2. The molecule has 3 nitrogen and oxygen atoms in total. The summed E-state index contributed by atoms with van der Waals surface area (Å²) < 4.78 is 0. The molecule has 0 N–H and O–H groups in total. The van der Waals surface area contributed by atoms with Gasteiger partial charge in [0, 0.05) is 0 Å². The maximum absolute atomic E-state index is 7.75. The monoisotopic (exact) mass is 978 g/mol. The molecule has 0 aliphatic rings. The molecule has 0 bridgehead atoms. The molecule has 0 aliphatic heterocycles. The third-order valence-electron chi connectivity index (χ3n) is 9.56. The smallest absolute Gasteiger partial charge is 0.545 e. The normalized spacial score (nSPS) is 9.61. The predicted octanol–water partition coefficient (Wildman–Crippen LogP) is 8.71. The van der Waals surface area contributed by atoms with Crippen LogP contribution in [0.3, 0.4) is 0 Å². The Labute approximate surface area is 396 Å². The zero-order valence-electron chi connectivity index (χ0n) is 35.3. The molecule has 0 saturated carbocycles. The third kappa shape index (κ3) is 16.2. The first kappa shape index (κ1) is 52.2. The van der Waals surface area contributed by atoms with E-state index in [9.17, 15) is 0 Å². The molecule has 7 heteroatoms. The number of hydrogen-bond donors (Lipinski definition) is 0. The molecule has 0 atom stereocenters. The molecule has 9 aromatic rings. The molecule has 9 rings (SSSR count). The molecule has 0 unspecified atom stereocenters. The molecule has 0 saturated heterocycles. The molecule has 317 valence electrons. The van der Waals surface area contributed by atoms with Crippen LogP contribution in [0.5, 0.6) is 0 Å². The van der Waals surface area contributed by atoms with E-state index in [-0.39, 0.29) is 19.5 Å². The van der Waals surface area contributed by atoms with Crippen LogP contribution in [-0.4, -0.2) is 20.4 Å². The first-order valence-corrected chi connectivity index (χ1v) is 24.7. The van der Waals surface area contributed by atoms with E-state index in [1.165, 1.54) is 47.7 Å². The Kier molecular flexibility index (Phi) is 25.9. The summed E-state index contributed by atoms with van der Waals surface area (Å²) in [6.07, 6.45) is 0. The van der Waals surface area contributed by atoms with E-state index in [2.05, 4.69) is 293 Å². The van der Waals surface area contributed by atoms with E-state index in [0.717, 1.165) is 0 Å². The Morgan fingerprint density at radius 3 is 0.328 bits per heavy atom. The van der Waals surface area contributed by atoms with Gasteiger partial charge in [0.25, 0.3) is 0 Å². The fraction of sp³-hybridized carbons (Fsp3) is 0. The van der Waals surface area contributed by atoms with Crippen molar-refractivity contribution in [2.45, 2.75) is 0 Å². The second-order valence-electron chi connectivity index (χ2n) is 13.4. The first-order valence-electron chi connectivity index (χ1n) is 20.2. The Hall–Kier alpha value is -6.10. The van der Waals surface area contributed by atoms with E-state index in [1.54, 1.807) is 0 Å². The molecule has 0 aromatic heterocycles. The molecule has 9 aromatic carbocycles. The number of benzene rings is 9. The van der Waals surface area contributed by atoms with Gasteiger partial charge in [-0.05, 0) is 109 Å². The molecule has 64 heavy (non-hydrogen) atoms. The summed E-state index contributed by atoms with van der Waals surface area (Å²) in [6, 6.07) is 97.5. The van der Waals surface area contributed by atoms with E-state index < -0.39 is 23.8 Å². The average Bonchev–Trinajstić information content (AvgIpc) is 3.39. The van der Waals surface area contributed by atoms with Crippen LogP contribution in [0.4, 0.5) is 0 Å². The quantitative estimate of drug-likeness (QED) is 0.0630. The van der Waals surface area contributed by atoms with Gasteiger partial charge in [-0.2, -0.15) is 0 Å². The molecular weight excluding hydrogens is 927 g/mol. The summed E-state index contributed by atoms with van der Waals surface area (Å²) in [5.74, 6) is 0. The van der Waals surface area contributed by atoms with Gasteiger partial charge >= 0.3 is 19.5 Å². The Morgan fingerprint density at radius 1 is 0.172 bits per heavy atom. The molecule has 0 aliphatic carbocycles. The molecule has 0 fully saturated rings. The van der Waals surface area contributed by atoms with Crippen molar-refractivity contribution in [3.05, 3.63) is 273 Å².